The average molecular weight is 501 g/mol. The van der Waals surface area contributed by atoms with Crippen LogP contribution in [0.5, 0.6) is 0 Å². The smallest absolute Gasteiger partial charge is 0.492 e. The molecule has 1 aliphatic rings. The van der Waals surface area contributed by atoms with Crippen LogP contribution in [-0.2, 0) is 23.5 Å². The van der Waals surface area contributed by atoms with Crippen LogP contribution in [0.15, 0.2) is 72.7 Å². The second-order valence-electron chi connectivity index (χ2n) is 8.84. The summed E-state index contributed by atoms with van der Waals surface area (Å²) in [6, 6.07) is 20.0. The van der Waals surface area contributed by atoms with E-state index in [0.717, 1.165) is 16.6 Å². The Hall–Kier alpha value is -2.30. The number of halogens is 3. The lowest BCUT2D eigenvalue weighted by Crippen LogP contribution is -2.67. The molecule has 0 N–H and O–H groups in total. The van der Waals surface area contributed by atoms with Crippen molar-refractivity contribution in [3.05, 3.63) is 72.7 Å². The van der Waals surface area contributed by atoms with Gasteiger partial charge in [-0.2, -0.15) is 21.6 Å². The Kier molecular flexibility index (Phi) is 7.30. The van der Waals surface area contributed by atoms with E-state index in [2.05, 4.69) is 49.2 Å². The van der Waals surface area contributed by atoms with Gasteiger partial charge in [0.2, 0.25) is 0 Å². The van der Waals surface area contributed by atoms with Gasteiger partial charge >= 0.3 is 15.6 Å². The van der Waals surface area contributed by atoms with Gasteiger partial charge in [0.25, 0.3) is 8.32 Å². The number of ether oxygens (including phenoxy) is 1. The molecule has 180 valence electrons. The molecule has 0 aromatic heterocycles. The minimum atomic E-state index is -5.71. The average Bonchev–Trinajstić information content (AvgIpc) is 2.75. The molecule has 0 saturated heterocycles. The van der Waals surface area contributed by atoms with Gasteiger partial charge in [0.1, 0.15) is 12.4 Å². The monoisotopic (exact) mass is 500 g/mol. The number of rotatable bonds is 7. The van der Waals surface area contributed by atoms with Crippen molar-refractivity contribution >= 4 is 28.8 Å². The van der Waals surface area contributed by atoms with E-state index in [1.807, 2.05) is 36.4 Å². The highest BCUT2D eigenvalue weighted by Gasteiger charge is 2.51. The minimum Gasteiger partial charge on any atom is -0.492 e. The van der Waals surface area contributed by atoms with Gasteiger partial charge in [0.05, 0.1) is 6.61 Å². The number of hydrogen-bond acceptors (Lipinski definition) is 5. The summed E-state index contributed by atoms with van der Waals surface area (Å²) in [6.45, 7) is 6.60. The van der Waals surface area contributed by atoms with E-state index in [4.69, 9.17) is 9.16 Å². The van der Waals surface area contributed by atoms with E-state index >= 15 is 0 Å². The van der Waals surface area contributed by atoms with E-state index in [0.29, 0.717) is 0 Å². The third-order valence-corrected chi connectivity index (χ3v) is 11.5. The molecule has 0 fully saturated rings. The normalized spacial score (nSPS) is 17.8. The minimum absolute atomic E-state index is 0.00984. The molecule has 0 aliphatic carbocycles. The van der Waals surface area contributed by atoms with Crippen LogP contribution in [0.2, 0.25) is 5.04 Å². The van der Waals surface area contributed by atoms with Gasteiger partial charge in [0, 0.05) is 6.42 Å². The number of alkyl halides is 3. The van der Waals surface area contributed by atoms with E-state index in [1.165, 1.54) is 0 Å². The van der Waals surface area contributed by atoms with Crippen LogP contribution in [0, 0.1) is 0 Å². The fourth-order valence-electron chi connectivity index (χ4n) is 3.95. The van der Waals surface area contributed by atoms with Gasteiger partial charge in [-0.25, -0.2) is 0 Å². The fourth-order valence-corrected chi connectivity index (χ4v) is 9.04. The van der Waals surface area contributed by atoms with Crippen molar-refractivity contribution in [2.75, 3.05) is 6.61 Å². The Morgan fingerprint density at radius 2 is 1.48 bits per heavy atom. The van der Waals surface area contributed by atoms with Crippen LogP contribution in [0.1, 0.15) is 33.6 Å². The van der Waals surface area contributed by atoms with Gasteiger partial charge in [-0.05, 0) is 21.8 Å². The number of benzene rings is 2. The van der Waals surface area contributed by atoms with E-state index < -0.39 is 30.0 Å². The molecule has 0 spiro atoms. The predicted molar refractivity (Wildman–Crippen MR) is 122 cm³/mol. The highest BCUT2D eigenvalue weighted by atomic mass is 32.2. The standard InChI is InChI=1S/C23H27F3O5SSi/c1-22(2,3)33(20-10-6-4-7-11-20,21-12-8-5-9-13-21)30-17-18-14-15-19(16-29-18)31-32(27,28)23(24,25)26/h4-13,16,18H,14-15,17H2,1-3H3. The first-order valence-electron chi connectivity index (χ1n) is 10.5. The number of allylic oxidation sites excluding steroid dienone is 1. The van der Waals surface area contributed by atoms with Crippen molar-refractivity contribution in [2.24, 2.45) is 0 Å². The molecule has 0 saturated carbocycles. The molecule has 5 nitrogen and oxygen atoms in total. The molecule has 3 rings (SSSR count). The Morgan fingerprint density at radius 3 is 1.88 bits per heavy atom. The number of hydrogen-bond donors (Lipinski definition) is 0. The van der Waals surface area contributed by atoms with Crippen molar-refractivity contribution in [2.45, 2.75) is 50.3 Å². The maximum absolute atomic E-state index is 12.6. The van der Waals surface area contributed by atoms with Crippen LogP contribution in [-0.4, -0.2) is 35.0 Å². The third kappa shape index (κ3) is 5.44. The summed E-state index contributed by atoms with van der Waals surface area (Å²) in [7, 11) is -8.50. The third-order valence-electron chi connectivity index (χ3n) is 5.51. The molecular weight excluding hydrogens is 473 g/mol. The molecule has 10 heteroatoms. The van der Waals surface area contributed by atoms with Crippen LogP contribution >= 0.6 is 0 Å². The van der Waals surface area contributed by atoms with E-state index in [-0.39, 0.29) is 30.2 Å². The van der Waals surface area contributed by atoms with Crippen molar-refractivity contribution in [1.82, 2.24) is 0 Å². The molecule has 2 aromatic rings. The predicted octanol–water partition coefficient (Wildman–Crippen LogP) is 4.45. The van der Waals surface area contributed by atoms with Gasteiger partial charge in [-0.1, -0.05) is 81.4 Å². The topological polar surface area (TPSA) is 61.8 Å². The Balaban J connectivity index is 1.83. The zero-order chi connectivity index (χ0) is 24.3. The largest absolute Gasteiger partial charge is 0.534 e. The highest BCUT2D eigenvalue weighted by Crippen LogP contribution is 2.37. The zero-order valence-corrected chi connectivity index (χ0v) is 20.4. The Morgan fingerprint density at radius 1 is 0.970 bits per heavy atom. The maximum atomic E-state index is 12.6. The molecule has 1 aliphatic heterocycles. The Bertz CT molecular complexity index is 1030. The van der Waals surface area contributed by atoms with E-state index in [9.17, 15) is 21.6 Å². The van der Waals surface area contributed by atoms with Gasteiger partial charge in [0.15, 0.2) is 5.76 Å². The summed E-state index contributed by atoms with van der Waals surface area (Å²) in [5.74, 6) is -0.381. The van der Waals surface area contributed by atoms with Crippen LogP contribution in [0.3, 0.4) is 0 Å². The summed E-state index contributed by atoms with van der Waals surface area (Å²) in [6.07, 6.45) is 0.737. The second kappa shape index (κ2) is 9.52. The lowest BCUT2D eigenvalue weighted by Gasteiger charge is -2.43. The lowest BCUT2D eigenvalue weighted by atomic mass is 10.1. The molecule has 0 amide bonds. The summed E-state index contributed by atoms with van der Waals surface area (Å²) >= 11 is 0. The van der Waals surface area contributed by atoms with Gasteiger partial charge < -0.3 is 13.3 Å². The fraction of sp³-hybridized carbons (Fsp3) is 0.391. The van der Waals surface area contributed by atoms with Gasteiger partial charge in [-0.15, -0.1) is 0 Å². The maximum Gasteiger partial charge on any atom is 0.534 e. The van der Waals surface area contributed by atoms with Crippen molar-refractivity contribution in [1.29, 1.82) is 0 Å². The first kappa shape index (κ1) is 25.3. The molecule has 1 atom stereocenters. The summed E-state index contributed by atoms with van der Waals surface area (Å²) in [4.78, 5) is 0. The molecule has 1 unspecified atom stereocenters. The first-order chi connectivity index (χ1) is 15.4. The van der Waals surface area contributed by atoms with Crippen LogP contribution in [0.25, 0.3) is 0 Å². The molecule has 1 heterocycles. The van der Waals surface area contributed by atoms with Crippen molar-refractivity contribution in [3.8, 4) is 0 Å². The highest BCUT2D eigenvalue weighted by molar-refractivity contribution is 7.87. The quantitative estimate of drug-likeness (QED) is 0.319. The summed E-state index contributed by atoms with van der Waals surface area (Å²) < 4.78 is 76.5. The first-order valence-corrected chi connectivity index (χ1v) is 13.8. The molecule has 0 bridgehead atoms. The van der Waals surface area contributed by atoms with Crippen LogP contribution in [0.4, 0.5) is 13.2 Å². The van der Waals surface area contributed by atoms with Crippen molar-refractivity contribution < 1.29 is 34.9 Å². The summed E-state index contributed by atoms with van der Waals surface area (Å²) in [5.41, 5.74) is -5.49. The lowest BCUT2D eigenvalue weighted by molar-refractivity contribution is -0.0531. The SMILES string of the molecule is CC(C)(C)[Si](OCC1CCC(OS(=O)(=O)C(F)(F)F)=CO1)(c1ccccc1)c1ccccc1. The zero-order valence-electron chi connectivity index (χ0n) is 18.6. The summed E-state index contributed by atoms with van der Waals surface area (Å²) in [5, 5.41) is 1.95. The van der Waals surface area contributed by atoms with E-state index in [1.54, 1.807) is 0 Å². The van der Waals surface area contributed by atoms with Crippen molar-refractivity contribution in [3.63, 3.8) is 0 Å². The van der Waals surface area contributed by atoms with Crippen LogP contribution < -0.4 is 10.4 Å². The molecule has 33 heavy (non-hydrogen) atoms. The Labute approximate surface area is 193 Å². The molecular formula is C23H27F3O5SSi. The second-order valence-corrected chi connectivity index (χ2v) is 14.7. The van der Waals surface area contributed by atoms with Gasteiger partial charge in [-0.3, -0.25) is 0 Å². The molecule has 2 aromatic carbocycles. The molecule has 0 radical (unpaired) electrons.